The highest BCUT2D eigenvalue weighted by Crippen LogP contribution is 2.11. The van der Waals surface area contributed by atoms with Crippen molar-refractivity contribution in [3.8, 4) is 0 Å². The van der Waals surface area contributed by atoms with E-state index in [1.54, 1.807) is 12.1 Å². The molecule has 0 bridgehead atoms. The third-order valence-electron chi connectivity index (χ3n) is 3.53. The molecule has 0 unspecified atom stereocenters. The van der Waals surface area contributed by atoms with Crippen LogP contribution >= 0.6 is 0 Å². The number of hydrogen-bond acceptors (Lipinski definition) is 3. The first-order valence-corrected chi connectivity index (χ1v) is 7.67. The number of fused-ring (bicyclic) bond motifs is 1. The molecule has 0 spiro atoms. The second kappa shape index (κ2) is 6.95. The largest absolute Gasteiger partial charge is 0.349 e. The average Bonchev–Trinajstić information content (AvgIpc) is 2.97. The number of nitrogens with one attached hydrogen (secondary N) is 3. The normalized spacial score (nSPS) is 10.5. The van der Waals surface area contributed by atoms with Crippen LogP contribution in [0.3, 0.4) is 0 Å². The number of carbonyl (C=O) groups is 2. The van der Waals surface area contributed by atoms with Gasteiger partial charge in [-0.2, -0.15) is 0 Å². The van der Waals surface area contributed by atoms with Crippen LogP contribution in [-0.4, -0.2) is 21.8 Å². The summed E-state index contributed by atoms with van der Waals surface area (Å²) in [5, 5.41) is 5.55. The van der Waals surface area contributed by atoms with Crippen LogP contribution in [0.25, 0.3) is 11.0 Å². The molecule has 6 nitrogen and oxygen atoms in total. The van der Waals surface area contributed by atoms with Crippen molar-refractivity contribution in [2.24, 2.45) is 0 Å². The fraction of sp³-hybridized carbons (Fsp3) is 0.167. The number of para-hydroxylation sites is 2. The van der Waals surface area contributed by atoms with Gasteiger partial charge in [0.05, 0.1) is 24.0 Å². The smallest absolute Gasteiger partial charge is 0.224 e. The number of carbonyl (C=O) groups excluding carboxylic acids is 2. The molecule has 0 aliphatic carbocycles. The zero-order chi connectivity index (χ0) is 16.9. The zero-order valence-electron chi connectivity index (χ0n) is 13.3. The summed E-state index contributed by atoms with van der Waals surface area (Å²) < 4.78 is 0. The van der Waals surface area contributed by atoms with Crippen LogP contribution in [0.1, 0.15) is 18.3 Å². The number of H-pyrrole nitrogens is 1. The van der Waals surface area contributed by atoms with Crippen LogP contribution < -0.4 is 10.6 Å². The summed E-state index contributed by atoms with van der Waals surface area (Å²) in [5.41, 5.74) is 3.44. The van der Waals surface area contributed by atoms with Crippen LogP contribution in [0.2, 0.25) is 0 Å². The van der Waals surface area contributed by atoms with Gasteiger partial charge in [-0.3, -0.25) is 9.59 Å². The highest BCUT2D eigenvalue weighted by atomic mass is 16.2. The summed E-state index contributed by atoms with van der Waals surface area (Å²) >= 11 is 0. The molecular weight excluding hydrogens is 304 g/mol. The molecule has 1 heterocycles. The average molecular weight is 322 g/mol. The number of imidazole rings is 1. The van der Waals surface area contributed by atoms with Crippen molar-refractivity contribution in [1.82, 2.24) is 15.3 Å². The molecule has 0 atom stereocenters. The standard InChI is InChI=1S/C18H18N4O2/c1-12(23)20-14-8-6-13(7-9-14)10-18(24)19-11-17-21-15-4-2-3-5-16(15)22-17/h2-9H,10-11H2,1H3,(H,19,24)(H,20,23)(H,21,22). The third kappa shape index (κ3) is 3.98. The number of amides is 2. The van der Waals surface area contributed by atoms with E-state index < -0.39 is 0 Å². The fourth-order valence-corrected chi connectivity index (χ4v) is 2.43. The van der Waals surface area contributed by atoms with E-state index in [0.29, 0.717) is 12.2 Å². The maximum absolute atomic E-state index is 12.0. The summed E-state index contributed by atoms with van der Waals surface area (Å²) in [7, 11) is 0. The molecule has 2 amide bonds. The van der Waals surface area contributed by atoms with Gasteiger partial charge in [-0.25, -0.2) is 4.98 Å². The van der Waals surface area contributed by atoms with E-state index in [0.717, 1.165) is 22.4 Å². The van der Waals surface area contributed by atoms with Gasteiger partial charge < -0.3 is 15.6 Å². The monoisotopic (exact) mass is 322 g/mol. The lowest BCUT2D eigenvalue weighted by molar-refractivity contribution is -0.120. The lowest BCUT2D eigenvalue weighted by Crippen LogP contribution is -2.25. The van der Waals surface area contributed by atoms with Crippen molar-refractivity contribution < 1.29 is 9.59 Å². The number of hydrogen-bond donors (Lipinski definition) is 3. The van der Waals surface area contributed by atoms with Crippen LogP contribution in [-0.2, 0) is 22.6 Å². The Bertz CT molecular complexity index is 835. The summed E-state index contributed by atoms with van der Waals surface area (Å²) in [6.45, 7) is 1.82. The maximum atomic E-state index is 12.0. The first kappa shape index (κ1) is 15.7. The van der Waals surface area contributed by atoms with Gasteiger partial charge in [-0.1, -0.05) is 24.3 Å². The van der Waals surface area contributed by atoms with Gasteiger partial charge >= 0.3 is 0 Å². The second-order valence-corrected chi connectivity index (χ2v) is 5.53. The second-order valence-electron chi connectivity index (χ2n) is 5.53. The van der Waals surface area contributed by atoms with Gasteiger partial charge in [-0.05, 0) is 29.8 Å². The number of rotatable bonds is 5. The molecule has 3 rings (SSSR count). The minimum atomic E-state index is -0.119. The molecule has 0 radical (unpaired) electrons. The number of benzene rings is 2. The molecule has 0 fully saturated rings. The first-order valence-electron chi connectivity index (χ1n) is 7.67. The Kier molecular flexibility index (Phi) is 4.56. The van der Waals surface area contributed by atoms with E-state index in [1.165, 1.54) is 6.92 Å². The molecule has 0 saturated heterocycles. The van der Waals surface area contributed by atoms with E-state index in [2.05, 4.69) is 20.6 Å². The molecule has 0 aliphatic rings. The third-order valence-corrected chi connectivity index (χ3v) is 3.53. The van der Waals surface area contributed by atoms with Crippen LogP contribution in [0.5, 0.6) is 0 Å². The summed E-state index contributed by atoms with van der Waals surface area (Å²) in [5.74, 6) is 0.527. The van der Waals surface area contributed by atoms with Gasteiger partial charge in [0.2, 0.25) is 11.8 Å². The summed E-state index contributed by atoms with van der Waals surface area (Å²) in [6, 6.07) is 15.0. The van der Waals surface area contributed by atoms with Gasteiger partial charge in [0.1, 0.15) is 5.82 Å². The molecule has 1 aromatic heterocycles. The number of anilines is 1. The summed E-state index contributed by atoms with van der Waals surface area (Å²) in [4.78, 5) is 30.6. The molecule has 122 valence electrons. The van der Waals surface area contributed by atoms with Gasteiger partial charge in [0.15, 0.2) is 0 Å². The molecule has 0 saturated carbocycles. The van der Waals surface area contributed by atoms with Crippen molar-refractivity contribution in [3.63, 3.8) is 0 Å². The van der Waals surface area contributed by atoms with Crippen molar-refractivity contribution in [2.45, 2.75) is 19.9 Å². The quantitative estimate of drug-likeness (QED) is 0.674. The molecular formula is C18H18N4O2. The van der Waals surface area contributed by atoms with Gasteiger partial charge in [-0.15, -0.1) is 0 Å². The summed E-state index contributed by atoms with van der Waals surface area (Å²) in [6.07, 6.45) is 0.278. The van der Waals surface area contributed by atoms with Gasteiger partial charge in [0, 0.05) is 12.6 Å². The predicted molar refractivity (Wildman–Crippen MR) is 92.4 cm³/mol. The number of nitrogens with zero attached hydrogens (tertiary/aromatic N) is 1. The van der Waals surface area contributed by atoms with E-state index in [-0.39, 0.29) is 18.2 Å². The van der Waals surface area contributed by atoms with Gasteiger partial charge in [0.25, 0.3) is 0 Å². The van der Waals surface area contributed by atoms with E-state index in [1.807, 2.05) is 36.4 Å². The Morgan fingerprint density at radius 2 is 1.83 bits per heavy atom. The highest BCUT2D eigenvalue weighted by molar-refractivity contribution is 5.88. The molecule has 3 N–H and O–H groups in total. The lowest BCUT2D eigenvalue weighted by atomic mass is 10.1. The van der Waals surface area contributed by atoms with Crippen molar-refractivity contribution >= 4 is 28.5 Å². The van der Waals surface area contributed by atoms with Crippen molar-refractivity contribution in [3.05, 3.63) is 59.9 Å². The van der Waals surface area contributed by atoms with Crippen LogP contribution in [0, 0.1) is 0 Å². The van der Waals surface area contributed by atoms with E-state index in [4.69, 9.17) is 0 Å². The lowest BCUT2D eigenvalue weighted by Gasteiger charge is -2.05. The van der Waals surface area contributed by atoms with E-state index in [9.17, 15) is 9.59 Å². The number of aromatic nitrogens is 2. The predicted octanol–water partition coefficient (Wildman–Crippen LogP) is 2.38. The Labute approximate surface area is 139 Å². The van der Waals surface area contributed by atoms with E-state index >= 15 is 0 Å². The first-order chi connectivity index (χ1) is 11.6. The molecule has 2 aromatic carbocycles. The topological polar surface area (TPSA) is 86.9 Å². The fourth-order valence-electron chi connectivity index (χ4n) is 2.43. The molecule has 6 heteroatoms. The molecule has 0 aliphatic heterocycles. The Morgan fingerprint density at radius 1 is 1.08 bits per heavy atom. The number of aromatic amines is 1. The SMILES string of the molecule is CC(=O)Nc1ccc(CC(=O)NCc2nc3ccccc3[nH]2)cc1. The minimum absolute atomic E-state index is 0.0808. The maximum Gasteiger partial charge on any atom is 0.224 e. The Hall–Kier alpha value is -3.15. The van der Waals surface area contributed by atoms with Crippen LogP contribution in [0.15, 0.2) is 48.5 Å². The Balaban J connectivity index is 1.54. The minimum Gasteiger partial charge on any atom is -0.349 e. The Morgan fingerprint density at radius 3 is 2.54 bits per heavy atom. The highest BCUT2D eigenvalue weighted by Gasteiger charge is 2.06. The van der Waals surface area contributed by atoms with Crippen LogP contribution in [0.4, 0.5) is 5.69 Å². The molecule has 24 heavy (non-hydrogen) atoms. The zero-order valence-corrected chi connectivity index (χ0v) is 13.3. The molecule has 3 aromatic rings. The van der Waals surface area contributed by atoms with Crippen molar-refractivity contribution in [2.75, 3.05) is 5.32 Å². The van der Waals surface area contributed by atoms with Crippen molar-refractivity contribution in [1.29, 1.82) is 0 Å².